The lowest BCUT2D eigenvalue weighted by Gasteiger charge is -2.19. The normalized spacial score (nSPS) is 13.8. The van der Waals surface area contributed by atoms with E-state index in [4.69, 9.17) is 0 Å². The number of nitrogens with zero attached hydrogens (tertiary/aromatic N) is 4. The molecule has 1 aliphatic rings. The number of nitrogens with one attached hydrogen (secondary N) is 1. The highest BCUT2D eigenvalue weighted by Crippen LogP contribution is 2.29. The molecule has 1 aliphatic heterocycles. The second-order valence-corrected chi connectivity index (χ2v) is 7.54. The summed E-state index contributed by atoms with van der Waals surface area (Å²) in [6, 6.07) is 7.50. The summed E-state index contributed by atoms with van der Waals surface area (Å²) in [6.07, 6.45) is 3.89. The highest BCUT2D eigenvalue weighted by molar-refractivity contribution is 7.92. The molecule has 0 bridgehead atoms. The van der Waals surface area contributed by atoms with Crippen LogP contribution in [0.25, 0.3) is 0 Å². The van der Waals surface area contributed by atoms with Crippen LogP contribution in [0.3, 0.4) is 0 Å². The highest BCUT2D eigenvalue weighted by Gasteiger charge is 2.28. The third kappa shape index (κ3) is 3.73. The number of hydrogen-bond acceptors (Lipinski definition) is 5. The van der Waals surface area contributed by atoms with Crippen LogP contribution < -0.4 is 9.62 Å². The first-order valence-electron chi connectivity index (χ1n) is 7.74. The number of aryl methyl sites for hydroxylation is 1. The summed E-state index contributed by atoms with van der Waals surface area (Å²) in [5.74, 6) is -0.321. The van der Waals surface area contributed by atoms with Gasteiger partial charge in [-0.05, 0) is 18.1 Å². The largest absolute Gasteiger partial charge is 0.355 e. The lowest BCUT2D eigenvalue weighted by Crippen LogP contribution is -2.37. The monoisotopic (exact) mass is 349 g/mol. The molecule has 0 spiro atoms. The van der Waals surface area contributed by atoms with Crippen molar-refractivity contribution < 1.29 is 13.2 Å². The van der Waals surface area contributed by atoms with E-state index in [1.165, 1.54) is 17.0 Å². The van der Waals surface area contributed by atoms with E-state index < -0.39 is 10.0 Å². The van der Waals surface area contributed by atoms with Gasteiger partial charge >= 0.3 is 0 Å². The summed E-state index contributed by atoms with van der Waals surface area (Å²) < 4.78 is 27.9. The van der Waals surface area contributed by atoms with Crippen molar-refractivity contribution in [1.82, 2.24) is 20.1 Å². The zero-order valence-corrected chi connectivity index (χ0v) is 13.9. The Morgan fingerprint density at radius 3 is 2.92 bits per heavy atom. The molecule has 1 amide bonds. The van der Waals surface area contributed by atoms with Crippen LogP contribution in [0.2, 0.25) is 0 Å². The molecule has 0 aliphatic carbocycles. The first-order valence-corrected chi connectivity index (χ1v) is 9.34. The predicted molar refractivity (Wildman–Crippen MR) is 88.9 cm³/mol. The third-order valence-electron chi connectivity index (χ3n) is 3.90. The molecule has 2 heterocycles. The molecule has 1 N–H and O–H groups in total. The van der Waals surface area contributed by atoms with Gasteiger partial charge in [0, 0.05) is 19.5 Å². The number of para-hydroxylation sites is 1. The van der Waals surface area contributed by atoms with Crippen LogP contribution in [0.5, 0.6) is 0 Å². The number of rotatable bonds is 7. The van der Waals surface area contributed by atoms with Gasteiger partial charge in [0.25, 0.3) is 0 Å². The molecule has 9 heteroatoms. The van der Waals surface area contributed by atoms with Gasteiger partial charge in [0.2, 0.25) is 15.9 Å². The van der Waals surface area contributed by atoms with Gasteiger partial charge in [-0.25, -0.2) is 13.4 Å². The fraction of sp³-hybridized carbons (Fsp3) is 0.400. The van der Waals surface area contributed by atoms with E-state index in [-0.39, 0.29) is 24.6 Å². The van der Waals surface area contributed by atoms with Gasteiger partial charge in [-0.1, -0.05) is 18.2 Å². The van der Waals surface area contributed by atoms with E-state index in [0.717, 1.165) is 17.7 Å². The zero-order chi connectivity index (χ0) is 17.0. The van der Waals surface area contributed by atoms with E-state index in [9.17, 15) is 13.2 Å². The Labute approximate surface area is 140 Å². The summed E-state index contributed by atoms with van der Waals surface area (Å²) in [7, 11) is -3.44. The fourth-order valence-electron chi connectivity index (χ4n) is 2.68. The molecule has 0 saturated carbocycles. The molecular weight excluding hydrogens is 330 g/mol. The van der Waals surface area contributed by atoms with Crippen molar-refractivity contribution in [3.05, 3.63) is 42.5 Å². The summed E-state index contributed by atoms with van der Waals surface area (Å²) in [5.41, 5.74) is 1.79. The Morgan fingerprint density at radius 2 is 2.12 bits per heavy atom. The fourth-order valence-corrected chi connectivity index (χ4v) is 4.11. The van der Waals surface area contributed by atoms with Crippen molar-refractivity contribution in [2.45, 2.75) is 19.4 Å². The first-order chi connectivity index (χ1) is 11.6. The average molecular weight is 349 g/mol. The standard InChI is InChI=1S/C15H19N5O3S/c21-15(6-8-19-12-16-11-18-19)17-7-10-24(22,23)20-9-5-13-3-1-2-4-14(13)20/h1-4,11-12H,5-10H2,(H,17,21). The van der Waals surface area contributed by atoms with E-state index >= 15 is 0 Å². The van der Waals surface area contributed by atoms with Crippen LogP contribution in [0, 0.1) is 0 Å². The molecule has 2 aromatic rings. The summed E-state index contributed by atoms with van der Waals surface area (Å²) >= 11 is 0. The molecule has 128 valence electrons. The maximum Gasteiger partial charge on any atom is 0.236 e. The second kappa shape index (κ2) is 7.00. The molecule has 0 atom stereocenters. The minimum absolute atomic E-state index is 0.0944. The van der Waals surface area contributed by atoms with Crippen LogP contribution in [-0.4, -0.2) is 47.9 Å². The lowest BCUT2D eigenvalue weighted by molar-refractivity contribution is -0.121. The number of hydrogen-bond donors (Lipinski definition) is 1. The van der Waals surface area contributed by atoms with Gasteiger partial charge in [0.1, 0.15) is 12.7 Å². The molecule has 0 fully saturated rings. The van der Waals surface area contributed by atoms with Gasteiger partial charge in [-0.15, -0.1) is 0 Å². The van der Waals surface area contributed by atoms with Gasteiger partial charge in [0.05, 0.1) is 18.0 Å². The number of aromatic nitrogens is 3. The Balaban J connectivity index is 1.48. The Hall–Kier alpha value is -2.42. The van der Waals surface area contributed by atoms with E-state index in [2.05, 4.69) is 15.4 Å². The number of carbonyl (C=O) groups excluding carboxylic acids is 1. The van der Waals surface area contributed by atoms with Crippen molar-refractivity contribution in [1.29, 1.82) is 0 Å². The number of carbonyl (C=O) groups is 1. The van der Waals surface area contributed by atoms with Gasteiger partial charge in [-0.3, -0.25) is 13.8 Å². The maximum absolute atomic E-state index is 12.5. The number of amides is 1. The van der Waals surface area contributed by atoms with Crippen molar-refractivity contribution in [3.63, 3.8) is 0 Å². The molecule has 3 rings (SSSR count). The molecule has 8 nitrogen and oxygen atoms in total. The Kier molecular flexibility index (Phi) is 4.79. The number of anilines is 1. The third-order valence-corrected chi connectivity index (χ3v) is 5.67. The molecule has 0 saturated heterocycles. The number of sulfonamides is 1. The van der Waals surface area contributed by atoms with Gasteiger partial charge in [0.15, 0.2) is 0 Å². The number of fused-ring (bicyclic) bond motifs is 1. The van der Waals surface area contributed by atoms with E-state index in [1.807, 2.05) is 24.3 Å². The quantitative estimate of drug-likeness (QED) is 0.769. The van der Waals surface area contributed by atoms with Crippen molar-refractivity contribution in [3.8, 4) is 0 Å². The van der Waals surface area contributed by atoms with Crippen molar-refractivity contribution >= 4 is 21.6 Å². The Bertz CT molecular complexity index is 804. The minimum atomic E-state index is -3.44. The van der Waals surface area contributed by atoms with E-state index in [0.29, 0.717) is 13.1 Å². The Morgan fingerprint density at radius 1 is 1.29 bits per heavy atom. The zero-order valence-electron chi connectivity index (χ0n) is 13.1. The SMILES string of the molecule is O=C(CCn1cncn1)NCCS(=O)(=O)N1CCc2ccccc21. The predicted octanol–water partition coefficient (Wildman–Crippen LogP) is 0.177. The number of benzene rings is 1. The molecule has 0 unspecified atom stereocenters. The van der Waals surface area contributed by atoms with Crippen molar-refractivity contribution in [2.75, 3.05) is 23.1 Å². The van der Waals surface area contributed by atoms with Gasteiger partial charge in [-0.2, -0.15) is 5.10 Å². The van der Waals surface area contributed by atoms with Crippen LogP contribution in [0.15, 0.2) is 36.9 Å². The molecule has 24 heavy (non-hydrogen) atoms. The molecule has 1 aromatic carbocycles. The maximum atomic E-state index is 12.5. The average Bonchev–Trinajstić information content (AvgIpc) is 3.22. The van der Waals surface area contributed by atoms with Gasteiger partial charge < -0.3 is 5.32 Å². The highest BCUT2D eigenvalue weighted by atomic mass is 32.2. The summed E-state index contributed by atoms with van der Waals surface area (Å²) in [6.45, 7) is 0.969. The van der Waals surface area contributed by atoms with E-state index in [1.54, 1.807) is 4.68 Å². The molecule has 1 aromatic heterocycles. The summed E-state index contributed by atoms with van der Waals surface area (Å²) in [5, 5.41) is 6.55. The van der Waals surface area contributed by atoms with Crippen LogP contribution in [0.1, 0.15) is 12.0 Å². The second-order valence-electron chi connectivity index (χ2n) is 5.53. The smallest absolute Gasteiger partial charge is 0.236 e. The lowest BCUT2D eigenvalue weighted by atomic mass is 10.2. The van der Waals surface area contributed by atoms with Crippen molar-refractivity contribution in [2.24, 2.45) is 0 Å². The molecular formula is C15H19N5O3S. The molecule has 0 radical (unpaired) electrons. The van der Waals surface area contributed by atoms with Crippen LogP contribution >= 0.6 is 0 Å². The summed E-state index contributed by atoms with van der Waals surface area (Å²) in [4.78, 5) is 15.6. The first kappa shape index (κ1) is 16.4. The minimum Gasteiger partial charge on any atom is -0.355 e. The van der Waals surface area contributed by atoms with Crippen LogP contribution in [0.4, 0.5) is 5.69 Å². The van der Waals surface area contributed by atoms with Crippen LogP contribution in [-0.2, 0) is 27.8 Å². The topological polar surface area (TPSA) is 97.2 Å².